The zero-order valence-corrected chi connectivity index (χ0v) is 28.3. The quantitative estimate of drug-likeness (QED) is 0.183. The van der Waals surface area contributed by atoms with Gasteiger partial charge < -0.3 is 0 Å². The van der Waals surface area contributed by atoms with Crippen molar-refractivity contribution < 1.29 is 0 Å². The van der Waals surface area contributed by atoms with E-state index in [1.165, 1.54) is 58.4 Å². The average molecular weight is 668 g/mol. The summed E-state index contributed by atoms with van der Waals surface area (Å²) < 4.78 is 2.66. The van der Waals surface area contributed by atoms with E-state index in [1.54, 1.807) is 0 Å². The summed E-state index contributed by atoms with van der Waals surface area (Å²) in [5.74, 6) is 1.97. The van der Waals surface area contributed by atoms with E-state index in [1.807, 2.05) is 72.0 Å². The van der Waals surface area contributed by atoms with E-state index in [0.29, 0.717) is 17.5 Å². The third kappa shape index (κ3) is 5.16. The van der Waals surface area contributed by atoms with Gasteiger partial charge in [-0.25, -0.2) is 15.0 Å². The molecule has 10 rings (SSSR count). The molecule has 0 saturated carbocycles. The van der Waals surface area contributed by atoms with Crippen LogP contribution >= 0.6 is 11.3 Å². The van der Waals surface area contributed by atoms with Gasteiger partial charge in [0.2, 0.25) is 0 Å². The maximum atomic E-state index is 4.93. The zero-order chi connectivity index (χ0) is 33.7. The van der Waals surface area contributed by atoms with Crippen LogP contribution < -0.4 is 0 Å². The third-order valence-corrected chi connectivity index (χ3v) is 10.9. The van der Waals surface area contributed by atoms with Gasteiger partial charge in [0.05, 0.1) is 0 Å². The zero-order valence-electron chi connectivity index (χ0n) is 27.5. The van der Waals surface area contributed by atoms with Gasteiger partial charge in [0.25, 0.3) is 0 Å². The fraction of sp³-hybridized carbons (Fsp3) is 0. The lowest BCUT2D eigenvalue weighted by Gasteiger charge is -2.14. The number of fused-ring (bicyclic) bond motifs is 5. The fourth-order valence-corrected chi connectivity index (χ4v) is 8.39. The molecule has 3 nitrogen and oxygen atoms in total. The highest BCUT2D eigenvalue weighted by atomic mass is 32.1. The topological polar surface area (TPSA) is 38.7 Å². The highest BCUT2D eigenvalue weighted by Crippen LogP contribution is 2.42. The predicted octanol–water partition coefficient (Wildman–Crippen LogP) is 12.9. The van der Waals surface area contributed by atoms with Crippen molar-refractivity contribution in [1.82, 2.24) is 15.0 Å². The summed E-state index contributed by atoms with van der Waals surface area (Å²) >= 11 is 1.87. The smallest absolute Gasteiger partial charge is 0.164 e. The Morgan fingerprint density at radius 1 is 0.294 bits per heavy atom. The number of hydrogen-bond acceptors (Lipinski definition) is 4. The van der Waals surface area contributed by atoms with Crippen molar-refractivity contribution in [2.45, 2.75) is 0 Å². The van der Waals surface area contributed by atoms with Crippen LogP contribution in [-0.4, -0.2) is 15.0 Å². The molecule has 2 heterocycles. The molecule has 0 amide bonds. The standard InChI is InChI=1S/C47H29N3S/c1-3-12-31(13-4-1)45-48-46(32-14-5-2-6-15-32)50-47(49-45)33-24-22-30(23-25-33)35-26-27-39(37-18-8-7-17-36(35)37)38-20-11-16-34-28-44-42(29-41(34)38)40-19-9-10-21-43(40)51-44/h1-29H. The van der Waals surface area contributed by atoms with Crippen molar-refractivity contribution in [1.29, 1.82) is 0 Å². The number of benzene rings is 8. The third-order valence-electron chi connectivity index (χ3n) is 9.75. The van der Waals surface area contributed by atoms with Gasteiger partial charge in [-0.15, -0.1) is 11.3 Å². The molecule has 8 aromatic carbocycles. The van der Waals surface area contributed by atoms with Gasteiger partial charge in [0.15, 0.2) is 17.5 Å². The first-order valence-electron chi connectivity index (χ1n) is 17.1. The highest BCUT2D eigenvalue weighted by Gasteiger charge is 2.16. The number of rotatable bonds is 5. The summed E-state index contributed by atoms with van der Waals surface area (Å²) in [5, 5.41) is 7.64. The summed E-state index contributed by atoms with van der Waals surface area (Å²) in [5.41, 5.74) is 7.69. The maximum Gasteiger partial charge on any atom is 0.164 e. The van der Waals surface area contributed by atoms with Crippen LogP contribution in [0.2, 0.25) is 0 Å². The van der Waals surface area contributed by atoms with Crippen molar-refractivity contribution >= 4 is 53.1 Å². The molecule has 4 heteroatoms. The van der Waals surface area contributed by atoms with E-state index in [-0.39, 0.29) is 0 Å². The average Bonchev–Trinajstić information content (AvgIpc) is 3.57. The Morgan fingerprint density at radius 3 is 1.47 bits per heavy atom. The summed E-state index contributed by atoms with van der Waals surface area (Å²) in [7, 11) is 0. The Kier molecular flexibility index (Phi) is 7.00. The SMILES string of the molecule is c1ccc(-c2nc(-c3ccccc3)nc(-c3ccc(-c4ccc(-c5cccc6cc7sc8ccccc8c7cc56)c5ccccc45)cc3)n2)cc1. The lowest BCUT2D eigenvalue weighted by atomic mass is 9.89. The van der Waals surface area contributed by atoms with Crippen molar-refractivity contribution in [2.75, 3.05) is 0 Å². The molecule has 0 N–H and O–H groups in total. The molecule has 51 heavy (non-hydrogen) atoms. The van der Waals surface area contributed by atoms with Crippen LogP contribution in [0.4, 0.5) is 0 Å². The normalized spacial score (nSPS) is 11.5. The minimum atomic E-state index is 0.651. The van der Waals surface area contributed by atoms with Crippen molar-refractivity contribution in [3.63, 3.8) is 0 Å². The van der Waals surface area contributed by atoms with Crippen LogP contribution in [0.3, 0.4) is 0 Å². The number of aromatic nitrogens is 3. The molecular formula is C47H29N3S. The Hall–Kier alpha value is -6.49. The van der Waals surface area contributed by atoms with E-state index in [2.05, 4.69) is 115 Å². The molecule has 238 valence electrons. The Morgan fingerprint density at radius 2 is 0.804 bits per heavy atom. The summed E-state index contributed by atoms with van der Waals surface area (Å²) in [6.45, 7) is 0. The van der Waals surface area contributed by atoms with Crippen LogP contribution in [0.25, 0.3) is 98.1 Å². The van der Waals surface area contributed by atoms with E-state index < -0.39 is 0 Å². The lowest BCUT2D eigenvalue weighted by molar-refractivity contribution is 1.07. The molecule has 0 bridgehead atoms. The van der Waals surface area contributed by atoms with Gasteiger partial charge in [-0.2, -0.15) is 0 Å². The van der Waals surface area contributed by atoms with Gasteiger partial charge in [-0.3, -0.25) is 0 Å². The maximum absolute atomic E-state index is 4.93. The largest absolute Gasteiger partial charge is 0.208 e. The molecule has 2 aromatic heterocycles. The molecule has 0 unspecified atom stereocenters. The van der Waals surface area contributed by atoms with E-state index in [4.69, 9.17) is 15.0 Å². The Labute approximate surface area is 299 Å². The van der Waals surface area contributed by atoms with E-state index in [9.17, 15) is 0 Å². The van der Waals surface area contributed by atoms with E-state index >= 15 is 0 Å². The molecule has 0 saturated heterocycles. The van der Waals surface area contributed by atoms with Gasteiger partial charge >= 0.3 is 0 Å². The van der Waals surface area contributed by atoms with Crippen LogP contribution in [-0.2, 0) is 0 Å². The predicted molar refractivity (Wildman–Crippen MR) is 215 cm³/mol. The minimum absolute atomic E-state index is 0.651. The summed E-state index contributed by atoms with van der Waals surface area (Å²) in [6.07, 6.45) is 0. The second kappa shape index (κ2) is 12.1. The first-order chi connectivity index (χ1) is 25.3. The number of hydrogen-bond donors (Lipinski definition) is 0. The fourth-order valence-electron chi connectivity index (χ4n) is 7.25. The van der Waals surface area contributed by atoms with E-state index in [0.717, 1.165) is 22.3 Å². The van der Waals surface area contributed by atoms with Crippen molar-refractivity contribution in [3.8, 4) is 56.4 Å². The van der Waals surface area contributed by atoms with Gasteiger partial charge in [-0.05, 0) is 62.0 Å². The molecule has 10 aromatic rings. The Balaban J connectivity index is 1.07. The minimum Gasteiger partial charge on any atom is -0.208 e. The van der Waals surface area contributed by atoms with Gasteiger partial charge in [0.1, 0.15) is 0 Å². The van der Waals surface area contributed by atoms with Crippen LogP contribution in [0.15, 0.2) is 176 Å². The first kappa shape index (κ1) is 29.4. The molecule has 0 aliphatic rings. The molecule has 0 aliphatic carbocycles. The second-order valence-electron chi connectivity index (χ2n) is 12.8. The molecule has 0 radical (unpaired) electrons. The monoisotopic (exact) mass is 667 g/mol. The summed E-state index contributed by atoms with van der Waals surface area (Å²) in [6, 6.07) is 62.3. The lowest BCUT2D eigenvalue weighted by Crippen LogP contribution is -2.00. The second-order valence-corrected chi connectivity index (χ2v) is 13.9. The van der Waals surface area contributed by atoms with Crippen LogP contribution in [0, 0.1) is 0 Å². The van der Waals surface area contributed by atoms with Crippen LogP contribution in [0.5, 0.6) is 0 Å². The van der Waals surface area contributed by atoms with Gasteiger partial charge in [0, 0.05) is 36.9 Å². The number of thiophene rings is 1. The summed E-state index contributed by atoms with van der Waals surface area (Å²) in [4.78, 5) is 14.7. The molecule has 0 aliphatic heterocycles. The first-order valence-corrected chi connectivity index (χ1v) is 17.9. The Bertz CT molecular complexity index is 2840. The molecule has 0 atom stereocenters. The van der Waals surface area contributed by atoms with Crippen molar-refractivity contribution in [3.05, 3.63) is 176 Å². The number of nitrogens with zero attached hydrogens (tertiary/aromatic N) is 3. The molecule has 0 spiro atoms. The van der Waals surface area contributed by atoms with Crippen LogP contribution in [0.1, 0.15) is 0 Å². The van der Waals surface area contributed by atoms with Crippen molar-refractivity contribution in [2.24, 2.45) is 0 Å². The highest BCUT2D eigenvalue weighted by molar-refractivity contribution is 7.25. The molecule has 0 fully saturated rings. The molecular weight excluding hydrogens is 639 g/mol. The van der Waals surface area contributed by atoms with Gasteiger partial charge in [-0.1, -0.05) is 158 Å².